The van der Waals surface area contributed by atoms with Crippen LogP contribution in [-0.2, 0) is 18.3 Å². The van der Waals surface area contributed by atoms with Crippen LogP contribution in [0.25, 0.3) is 0 Å². The number of aryl methyl sites for hydroxylation is 1. The maximum atomic E-state index is 12.4. The molecule has 2 rings (SSSR count). The number of ketones is 1. The van der Waals surface area contributed by atoms with Gasteiger partial charge in [-0.05, 0) is 34.6 Å². The fraction of sp³-hybridized carbons (Fsp3) is 0.368. The summed E-state index contributed by atoms with van der Waals surface area (Å²) in [7, 11) is 0. The number of benzene rings is 1. The average Bonchev–Trinajstić information content (AvgIpc) is 2.46. The average molecular weight is 281 g/mol. The fourth-order valence-electron chi connectivity index (χ4n) is 2.37. The number of nitrogens with zero attached hydrogens (tertiary/aromatic N) is 1. The molecule has 0 unspecified atom stereocenters. The standard InChI is InChI=1S/C19H23NO/c1-5-15-7-6-12-20-18(15)17(21)13-14-8-10-16(11-9-14)19(2,3)4/h6-12H,5,13H2,1-4H3. The zero-order valence-electron chi connectivity index (χ0n) is 13.3. The number of carbonyl (C=O) groups excluding carboxylic acids is 1. The van der Waals surface area contributed by atoms with Gasteiger partial charge >= 0.3 is 0 Å². The molecule has 1 aromatic heterocycles. The van der Waals surface area contributed by atoms with E-state index in [0.717, 1.165) is 17.5 Å². The van der Waals surface area contributed by atoms with Crippen LogP contribution in [-0.4, -0.2) is 10.8 Å². The second-order valence-corrected chi connectivity index (χ2v) is 6.41. The topological polar surface area (TPSA) is 30.0 Å². The van der Waals surface area contributed by atoms with Crippen LogP contribution >= 0.6 is 0 Å². The van der Waals surface area contributed by atoms with E-state index in [0.29, 0.717) is 12.1 Å². The van der Waals surface area contributed by atoms with Crippen LogP contribution in [0.15, 0.2) is 42.6 Å². The van der Waals surface area contributed by atoms with Gasteiger partial charge in [0.15, 0.2) is 5.78 Å². The minimum atomic E-state index is 0.0935. The molecular formula is C19H23NO. The Morgan fingerprint density at radius 3 is 2.33 bits per heavy atom. The summed E-state index contributed by atoms with van der Waals surface area (Å²) < 4.78 is 0. The van der Waals surface area contributed by atoms with Crippen LogP contribution in [0.2, 0.25) is 0 Å². The SMILES string of the molecule is CCc1cccnc1C(=O)Cc1ccc(C(C)(C)C)cc1. The van der Waals surface area contributed by atoms with Crippen LogP contribution < -0.4 is 0 Å². The van der Waals surface area contributed by atoms with Gasteiger partial charge < -0.3 is 0 Å². The lowest BCUT2D eigenvalue weighted by Gasteiger charge is -2.19. The Morgan fingerprint density at radius 1 is 1.10 bits per heavy atom. The zero-order valence-corrected chi connectivity index (χ0v) is 13.3. The maximum absolute atomic E-state index is 12.4. The van der Waals surface area contributed by atoms with Gasteiger partial charge in [0.2, 0.25) is 0 Å². The third-order valence-electron chi connectivity index (χ3n) is 3.72. The summed E-state index contributed by atoms with van der Waals surface area (Å²) in [6.45, 7) is 8.61. The van der Waals surface area contributed by atoms with E-state index in [-0.39, 0.29) is 11.2 Å². The molecule has 0 aliphatic heterocycles. The Hall–Kier alpha value is -1.96. The second kappa shape index (κ2) is 6.21. The van der Waals surface area contributed by atoms with E-state index in [4.69, 9.17) is 0 Å². The molecule has 2 heteroatoms. The van der Waals surface area contributed by atoms with Crippen LogP contribution in [0, 0.1) is 0 Å². The van der Waals surface area contributed by atoms with Crippen molar-refractivity contribution in [1.29, 1.82) is 0 Å². The highest BCUT2D eigenvalue weighted by atomic mass is 16.1. The summed E-state index contributed by atoms with van der Waals surface area (Å²) in [5.41, 5.74) is 4.10. The summed E-state index contributed by atoms with van der Waals surface area (Å²) in [5, 5.41) is 0. The molecule has 2 nitrogen and oxygen atoms in total. The van der Waals surface area contributed by atoms with Crippen LogP contribution in [0.4, 0.5) is 0 Å². The first kappa shape index (κ1) is 15.4. The number of aromatic nitrogens is 1. The molecular weight excluding hydrogens is 258 g/mol. The van der Waals surface area contributed by atoms with E-state index in [1.54, 1.807) is 6.20 Å². The molecule has 0 aliphatic carbocycles. The van der Waals surface area contributed by atoms with Crippen molar-refractivity contribution < 1.29 is 4.79 Å². The molecule has 1 aromatic carbocycles. The number of rotatable bonds is 4. The number of pyridine rings is 1. The highest BCUT2D eigenvalue weighted by Crippen LogP contribution is 2.22. The third kappa shape index (κ3) is 3.78. The number of Topliss-reactive ketones (excluding diaryl/α,β-unsaturated/α-hetero) is 1. The van der Waals surface area contributed by atoms with Crippen molar-refractivity contribution in [3.8, 4) is 0 Å². The molecule has 0 N–H and O–H groups in total. The smallest absolute Gasteiger partial charge is 0.185 e. The van der Waals surface area contributed by atoms with Gasteiger partial charge in [-0.1, -0.05) is 58.0 Å². The molecule has 0 radical (unpaired) electrons. The Labute approximate surface area is 127 Å². The Kier molecular flexibility index (Phi) is 4.56. The first-order chi connectivity index (χ1) is 9.91. The first-order valence-corrected chi connectivity index (χ1v) is 7.48. The fourth-order valence-corrected chi connectivity index (χ4v) is 2.37. The van der Waals surface area contributed by atoms with Gasteiger partial charge in [0, 0.05) is 12.6 Å². The lowest BCUT2D eigenvalue weighted by atomic mass is 9.86. The number of hydrogen-bond donors (Lipinski definition) is 0. The van der Waals surface area contributed by atoms with Crippen molar-refractivity contribution in [1.82, 2.24) is 4.98 Å². The Balaban J connectivity index is 2.16. The molecule has 0 saturated heterocycles. The first-order valence-electron chi connectivity index (χ1n) is 7.48. The summed E-state index contributed by atoms with van der Waals surface area (Å²) in [4.78, 5) is 16.7. The van der Waals surface area contributed by atoms with Gasteiger partial charge in [0.1, 0.15) is 5.69 Å². The van der Waals surface area contributed by atoms with E-state index < -0.39 is 0 Å². The van der Waals surface area contributed by atoms with Gasteiger partial charge in [-0.2, -0.15) is 0 Å². The number of hydrogen-bond acceptors (Lipinski definition) is 2. The molecule has 21 heavy (non-hydrogen) atoms. The van der Waals surface area contributed by atoms with Gasteiger partial charge in [0.05, 0.1) is 0 Å². The van der Waals surface area contributed by atoms with Gasteiger partial charge in [0.25, 0.3) is 0 Å². The molecule has 1 heterocycles. The second-order valence-electron chi connectivity index (χ2n) is 6.41. The largest absolute Gasteiger partial charge is 0.292 e. The predicted molar refractivity (Wildman–Crippen MR) is 86.8 cm³/mol. The minimum absolute atomic E-state index is 0.0935. The molecule has 110 valence electrons. The molecule has 0 atom stereocenters. The predicted octanol–water partition coefficient (Wildman–Crippen LogP) is 4.37. The summed E-state index contributed by atoms with van der Waals surface area (Å²) in [6, 6.07) is 12.2. The van der Waals surface area contributed by atoms with Gasteiger partial charge in [-0.15, -0.1) is 0 Å². The Bertz CT molecular complexity index is 621. The lowest BCUT2D eigenvalue weighted by Crippen LogP contribution is -2.12. The molecule has 2 aromatic rings. The highest BCUT2D eigenvalue weighted by Gasteiger charge is 2.15. The van der Waals surface area contributed by atoms with Crippen molar-refractivity contribution in [2.24, 2.45) is 0 Å². The Morgan fingerprint density at radius 2 is 1.76 bits per heavy atom. The van der Waals surface area contributed by atoms with Crippen molar-refractivity contribution in [2.45, 2.75) is 46.0 Å². The van der Waals surface area contributed by atoms with E-state index >= 15 is 0 Å². The summed E-state index contributed by atoms with van der Waals surface area (Å²) in [5.74, 6) is 0.0935. The number of carbonyl (C=O) groups is 1. The monoisotopic (exact) mass is 281 g/mol. The molecule has 0 aliphatic rings. The normalized spacial score (nSPS) is 11.4. The third-order valence-corrected chi connectivity index (χ3v) is 3.72. The van der Waals surface area contributed by atoms with Crippen LogP contribution in [0.3, 0.4) is 0 Å². The molecule has 0 spiro atoms. The van der Waals surface area contributed by atoms with Crippen molar-refractivity contribution in [2.75, 3.05) is 0 Å². The van der Waals surface area contributed by atoms with E-state index in [2.05, 4.69) is 37.9 Å². The van der Waals surface area contributed by atoms with Crippen LogP contribution in [0.1, 0.15) is 54.9 Å². The van der Waals surface area contributed by atoms with Gasteiger partial charge in [-0.25, -0.2) is 0 Å². The summed E-state index contributed by atoms with van der Waals surface area (Å²) >= 11 is 0. The lowest BCUT2D eigenvalue weighted by molar-refractivity contribution is 0.0987. The van der Waals surface area contributed by atoms with Crippen molar-refractivity contribution in [3.05, 3.63) is 65.0 Å². The summed E-state index contributed by atoms with van der Waals surface area (Å²) in [6.07, 6.45) is 2.93. The molecule has 0 amide bonds. The molecule has 0 saturated carbocycles. The zero-order chi connectivity index (χ0) is 15.5. The van der Waals surface area contributed by atoms with Crippen LogP contribution in [0.5, 0.6) is 0 Å². The van der Waals surface area contributed by atoms with Gasteiger partial charge in [-0.3, -0.25) is 9.78 Å². The minimum Gasteiger partial charge on any atom is -0.292 e. The van der Waals surface area contributed by atoms with E-state index in [1.165, 1.54) is 5.56 Å². The molecule has 0 bridgehead atoms. The van der Waals surface area contributed by atoms with Crippen molar-refractivity contribution in [3.63, 3.8) is 0 Å². The van der Waals surface area contributed by atoms with E-state index in [9.17, 15) is 4.79 Å². The maximum Gasteiger partial charge on any atom is 0.185 e. The van der Waals surface area contributed by atoms with E-state index in [1.807, 2.05) is 31.2 Å². The quantitative estimate of drug-likeness (QED) is 0.779. The van der Waals surface area contributed by atoms with Crippen molar-refractivity contribution >= 4 is 5.78 Å². The highest BCUT2D eigenvalue weighted by molar-refractivity contribution is 5.97. The molecule has 0 fully saturated rings.